The van der Waals surface area contributed by atoms with E-state index < -0.39 is 0 Å². The van der Waals surface area contributed by atoms with Gasteiger partial charge in [0.25, 0.3) is 0 Å². The van der Waals surface area contributed by atoms with Crippen LogP contribution in [0.25, 0.3) is 77.2 Å². The Balaban J connectivity index is 1.26. The molecule has 0 N–H and O–H groups in total. The first-order valence-corrected chi connectivity index (χ1v) is 14.5. The van der Waals surface area contributed by atoms with Gasteiger partial charge in [0.1, 0.15) is 23.3 Å². The molecule has 3 heterocycles. The molecule has 208 valence electrons. The minimum atomic E-state index is 0.531. The van der Waals surface area contributed by atoms with E-state index in [1.54, 1.807) is 24.8 Å². The molecule has 0 aliphatic rings. The summed E-state index contributed by atoms with van der Waals surface area (Å²) in [7, 11) is 0. The Morgan fingerprint density at radius 3 is 1.69 bits per heavy atom. The lowest BCUT2D eigenvalue weighted by molar-refractivity contribution is 0.669. The van der Waals surface area contributed by atoms with Gasteiger partial charge < -0.3 is 4.42 Å². The van der Waals surface area contributed by atoms with Gasteiger partial charge in [-0.05, 0) is 86.6 Å². The van der Waals surface area contributed by atoms with Crippen LogP contribution in [0.1, 0.15) is 11.1 Å². The molecule has 0 saturated carbocycles. The van der Waals surface area contributed by atoms with Crippen LogP contribution in [-0.4, -0.2) is 9.97 Å². The van der Waals surface area contributed by atoms with E-state index in [0.29, 0.717) is 11.1 Å². The monoisotopic (exact) mass is 574 g/mol. The van der Waals surface area contributed by atoms with Crippen molar-refractivity contribution >= 4 is 32.7 Å². The first-order chi connectivity index (χ1) is 22.2. The van der Waals surface area contributed by atoms with Crippen molar-refractivity contribution in [3.05, 3.63) is 145 Å². The number of nitriles is 2. The van der Waals surface area contributed by atoms with Crippen molar-refractivity contribution in [2.45, 2.75) is 0 Å². The van der Waals surface area contributed by atoms with Crippen LogP contribution in [0, 0.1) is 22.7 Å². The Morgan fingerprint density at radius 1 is 0.444 bits per heavy atom. The molecule has 0 aliphatic carbocycles. The minimum absolute atomic E-state index is 0.531. The van der Waals surface area contributed by atoms with Crippen LogP contribution in [0.15, 0.2) is 138 Å². The van der Waals surface area contributed by atoms with E-state index in [-0.39, 0.29) is 0 Å². The summed E-state index contributed by atoms with van der Waals surface area (Å²) in [5, 5.41) is 23.1. The summed E-state index contributed by atoms with van der Waals surface area (Å²) in [6.45, 7) is 0. The van der Waals surface area contributed by atoms with Crippen molar-refractivity contribution in [1.82, 2.24) is 9.97 Å². The summed E-state index contributed by atoms with van der Waals surface area (Å²) < 4.78 is 6.58. The molecular weight excluding hydrogens is 552 g/mol. The lowest BCUT2D eigenvalue weighted by Gasteiger charge is -2.10. The van der Waals surface area contributed by atoms with Crippen molar-refractivity contribution < 1.29 is 4.42 Å². The topological polar surface area (TPSA) is 86.5 Å². The molecule has 5 nitrogen and oxygen atoms in total. The van der Waals surface area contributed by atoms with E-state index in [1.807, 2.05) is 36.4 Å². The van der Waals surface area contributed by atoms with Gasteiger partial charge in [-0.25, -0.2) is 0 Å². The van der Waals surface area contributed by atoms with Gasteiger partial charge in [-0.15, -0.1) is 0 Å². The molecule has 0 radical (unpaired) electrons. The lowest BCUT2D eigenvalue weighted by atomic mass is 9.93. The molecule has 0 saturated heterocycles. The fraction of sp³-hybridized carbons (Fsp3) is 0. The first-order valence-electron chi connectivity index (χ1n) is 14.5. The van der Waals surface area contributed by atoms with Crippen LogP contribution < -0.4 is 0 Å². The highest BCUT2D eigenvalue weighted by molar-refractivity contribution is 6.22. The smallest absolute Gasteiger partial charge is 0.136 e. The van der Waals surface area contributed by atoms with Gasteiger partial charge in [-0.2, -0.15) is 10.5 Å². The third-order valence-corrected chi connectivity index (χ3v) is 8.25. The Morgan fingerprint density at radius 2 is 1.02 bits per heavy atom. The van der Waals surface area contributed by atoms with Gasteiger partial charge in [-0.1, -0.05) is 66.7 Å². The average Bonchev–Trinajstić information content (AvgIpc) is 3.49. The maximum Gasteiger partial charge on any atom is 0.136 e. The van der Waals surface area contributed by atoms with Crippen LogP contribution in [0.4, 0.5) is 0 Å². The third-order valence-electron chi connectivity index (χ3n) is 8.25. The van der Waals surface area contributed by atoms with Crippen molar-refractivity contribution in [1.29, 1.82) is 10.5 Å². The molecule has 0 amide bonds. The second kappa shape index (κ2) is 10.6. The SMILES string of the molecule is N#Cc1cncc(-c2cccc(-c3ccc4c(c3)oc3cc(-c5cccc(-c6cncc(C#N)c6)c5)c5ccccc5c34)c2)c1. The number of pyridine rings is 2. The quantitative estimate of drug-likeness (QED) is 0.209. The molecule has 0 aliphatic heterocycles. The molecule has 8 rings (SSSR count). The predicted octanol–water partition coefficient (Wildman–Crippen LogP) is 9.94. The van der Waals surface area contributed by atoms with Crippen LogP contribution >= 0.6 is 0 Å². The summed E-state index contributed by atoms with van der Waals surface area (Å²) in [6, 6.07) is 41.6. The van der Waals surface area contributed by atoms with E-state index in [0.717, 1.165) is 77.2 Å². The molecule has 5 heteroatoms. The number of rotatable bonds is 4. The second-order valence-corrected chi connectivity index (χ2v) is 11.0. The number of benzene rings is 5. The van der Waals surface area contributed by atoms with Gasteiger partial charge in [0.2, 0.25) is 0 Å². The number of nitrogens with zero attached hydrogens (tertiary/aromatic N) is 4. The predicted molar refractivity (Wildman–Crippen MR) is 178 cm³/mol. The van der Waals surface area contributed by atoms with Gasteiger partial charge in [-0.3, -0.25) is 9.97 Å². The Hall–Kier alpha value is -6.56. The van der Waals surface area contributed by atoms with E-state index in [2.05, 4.69) is 94.9 Å². The Kier molecular flexibility index (Phi) is 6.16. The van der Waals surface area contributed by atoms with Gasteiger partial charge in [0, 0.05) is 46.7 Å². The molecule has 5 aromatic carbocycles. The summed E-state index contributed by atoms with van der Waals surface area (Å²) in [5.74, 6) is 0. The Labute approximate surface area is 258 Å². The van der Waals surface area contributed by atoms with Crippen LogP contribution in [0.2, 0.25) is 0 Å². The second-order valence-electron chi connectivity index (χ2n) is 11.0. The standard InChI is InChI=1S/C40H22N4O/c41-19-25-13-32(23-43-21-25)28-6-3-5-27(15-28)30-11-12-36-38(17-30)45-39-18-37(34-9-1-2-10-35(34)40(36)39)31-8-4-7-29(16-31)33-14-26(20-42)22-44-24-33/h1-18,21-24H. The fourth-order valence-corrected chi connectivity index (χ4v) is 6.12. The van der Waals surface area contributed by atoms with Crippen molar-refractivity contribution in [3.8, 4) is 56.6 Å². The number of furan rings is 1. The zero-order valence-corrected chi connectivity index (χ0v) is 23.9. The maximum atomic E-state index is 9.37. The zero-order valence-electron chi connectivity index (χ0n) is 23.9. The van der Waals surface area contributed by atoms with Crippen LogP contribution in [0.5, 0.6) is 0 Å². The maximum absolute atomic E-state index is 9.37. The van der Waals surface area contributed by atoms with Crippen molar-refractivity contribution in [2.75, 3.05) is 0 Å². The van der Waals surface area contributed by atoms with E-state index in [1.165, 1.54) is 0 Å². The van der Waals surface area contributed by atoms with Crippen LogP contribution in [0.3, 0.4) is 0 Å². The molecular formula is C40H22N4O. The average molecular weight is 575 g/mol. The summed E-state index contributed by atoms with van der Waals surface area (Å²) in [5.41, 5.74) is 10.7. The first kappa shape index (κ1) is 26.1. The molecule has 0 fully saturated rings. The number of aromatic nitrogens is 2. The molecule has 0 atom stereocenters. The summed E-state index contributed by atoms with van der Waals surface area (Å²) in [6.07, 6.45) is 6.71. The fourth-order valence-electron chi connectivity index (χ4n) is 6.12. The van der Waals surface area contributed by atoms with Gasteiger partial charge >= 0.3 is 0 Å². The minimum Gasteiger partial charge on any atom is -0.456 e. The number of hydrogen-bond donors (Lipinski definition) is 0. The van der Waals surface area contributed by atoms with Crippen molar-refractivity contribution in [2.24, 2.45) is 0 Å². The molecule has 0 spiro atoms. The van der Waals surface area contributed by atoms with E-state index in [9.17, 15) is 10.5 Å². The van der Waals surface area contributed by atoms with Gasteiger partial charge in [0.05, 0.1) is 11.1 Å². The van der Waals surface area contributed by atoms with Crippen LogP contribution in [-0.2, 0) is 0 Å². The van der Waals surface area contributed by atoms with E-state index >= 15 is 0 Å². The molecule has 0 bridgehead atoms. The number of fused-ring (bicyclic) bond motifs is 5. The summed E-state index contributed by atoms with van der Waals surface area (Å²) in [4.78, 5) is 8.48. The molecule has 0 unspecified atom stereocenters. The van der Waals surface area contributed by atoms with E-state index in [4.69, 9.17) is 4.42 Å². The largest absolute Gasteiger partial charge is 0.456 e. The highest BCUT2D eigenvalue weighted by Gasteiger charge is 2.16. The lowest BCUT2D eigenvalue weighted by Crippen LogP contribution is -1.86. The van der Waals surface area contributed by atoms with Crippen molar-refractivity contribution in [3.63, 3.8) is 0 Å². The number of hydrogen-bond acceptors (Lipinski definition) is 5. The summed E-state index contributed by atoms with van der Waals surface area (Å²) >= 11 is 0. The normalized spacial score (nSPS) is 11.1. The molecule has 3 aromatic heterocycles. The molecule has 8 aromatic rings. The highest BCUT2D eigenvalue weighted by Crippen LogP contribution is 2.41. The Bertz CT molecular complexity index is 2530. The zero-order chi connectivity index (χ0) is 30.3. The molecule has 45 heavy (non-hydrogen) atoms. The highest BCUT2D eigenvalue weighted by atomic mass is 16.3. The van der Waals surface area contributed by atoms with Gasteiger partial charge in [0.15, 0.2) is 0 Å². The third kappa shape index (κ3) is 4.57.